The van der Waals surface area contributed by atoms with E-state index in [0.29, 0.717) is 0 Å². The van der Waals surface area contributed by atoms with E-state index in [2.05, 4.69) is 0 Å². The van der Waals surface area contributed by atoms with Crippen molar-refractivity contribution in [3.8, 4) is 0 Å². The summed E-state index contributed by atoms with van der Waals surface area (Å²) in [5, 5.41) is 17.6. The van der Waals surface area contributed by atoms with Crippen molar-refractivity contribution in [3.63, 3.8) is 0 Å². The molecular formula is C12H14O4. The summed E-state index contributed by atoms with van der Waals surface area (Å²) in [4.78, 5) is 21.6. The summed E-state index contributed by atoms with van der Waals surface area (Å²) in [7, 11) is 0. The summed E-state index contributed by atoms with van der Waals surface area (Å²) in [5.41, 5.74) is 2.65. The predicted molar refractivity (Wildman–Crippen MR) is 58.4 cm³/mol. The Morgan fingerprint density at radius 1 is 1.12 bits per heavy atom. The fourth-order valence-corrected chi connectivity index (χ4v) is 1.66. The lowest BCUT2D eigenvalue weighted by molar-refractivity contribution is -0.154. The molecule has 0 amide bonds. The number of benzene rings is 1. The average molecular weight is 222 g/mol. The largest absolute Gasteiger partial charge is 0.481 e. The van der Waals surface area contributed by atoms with Crippen LogP contribution < -0.4 is 0 Å². The van der Waals surface area contributed by atoms with Crippen LogP contribution in [0.5, 0.6) is 0 Å². The van der Waals surface area contributed by atoms with Gasteiger partial charge >= 0.3 is 11.9 Å². The van der Waals surface area contributed by atoms with Crippen LogP contribution in [0.25, 0.3) is 0 Å². The molecule has 1 rings (SSSR count). The Labute approximate surface area is 93.5 Å². The zero-order chi connectivity index (χ0) is 12.3. The maximum Gasteiger partial charge on any atom is 0.318 e. The minimum absolute atomic E-state index is 0.0309. The molecular weight excluding hydrogens is 208 g/mol. The van der Waals surface area contributed by atoms with Crippen molar-refractivity contribution in [1.82, 2.24) is 0 Å². The number of hydrogen-bond acceptors (Lipinski definition) is 2. The molecule has 0 radical (unpaired) electrons. The highest BCUT2D eigenvalue weighted by Crippen LogP contribution is 2.18. The fourth-order valence-electron chi connectivity index (χ4n) is 1.66. The van der Waals surface area contributed by atoms with E-state index >= 15 is 0 Å². The molecule has 0 fully saturated rings. The van der Waals surface area contributed by atoms with Gasteiger partial charge in [0.2, 0.25) is 0 Å². The maximum atomic E-state index is 10.8. The van der Waals surface area contributed by atoms with Crippen LogP contribution in [0.1, 0.15) is 16.7 Å². The van der Waals surface area contributed by atoms with Gasteiger partial charge in [-0.15, -0.1) is 0 Å². The normalized spacial score (nSPS) is 10.4. The van der Waals surface area contributed by atoms with Gasteiger partial charge in [0.1, 0.15) is 0 Å². The number of carbonyl (C=O) groups is 2. The molecule has 0 saturated carbocycles. The third kappa shape index (κ3) is 2.59. The van der Waals surface area contributed by atoms with Crippen LogP contribution in [-0.2, 0) is 16.0 Å². The molecule has 0 heterocycles. The van der Waals surface area contributed by atoms with Crippen LogP contribution in [0, 0.1) is 19.8 Å². The van der Waals surface area contributed by atoms with Crippen LogP contribution >= 0.6 is 0 Å². The third-order valence-corrected chi connectivity index (χ3v) is 2.65. The Bertz CT molecular complexity index is 389. The highest BCUT2D eigenvalue weighted by atomic mass is 16.4. The van der Waals surface area contributed by atoms with E-state index < -0.39 is 17.9 Å². The number of hydrogen-bond donors (Lipinski definition) is 2. The molecule has 0 bridgehead atoms. The van der Waals surface area contributed by atoms with Gasteiger partial charge in [-0.1, -0.05) is 18.2 Å². The molecule has 4 heteroatoms. The molecule has 0 atom stereocenters. The first-order valence-electron chi connectivity index (χ1n) is 4.94. The van der Waals surface area contributed by atoms with Crippen molar-refractivity contribution in [3.05, 3.63) is 34.9 Å². The zero-order valence-electron chi connectivity index (χ0n) is 9.23. The average Bonchev–Trinajstić information content (AvgIpc) is 2.15. The second-order valence-electron chi connectivity index (χ2n) is 3.80. The summed E-state index contributed by atoms with van der Waals surface area (Å²) in [6.07, 6.45) is 0.0309. The van der Waals surface area contributed by atoms with Crippen LogP contribution in [0.3, 0.4) is 0 Å². The van der Waals surface area contributed by atoms with E-state index in [9.17, 15) is 9.59 Å². The molecule has 1 aromatic carbocycles. The smallest absolute Gasteiger partial charge is 0.318 e. The monoisotopic (exact) mass is 222 g/mol. The molecule has 4 nitrogen and oxygen atoms in total. The molecule has 86 valence electrons. The van der Waals surface area contributed by atoms with Crippen LogP contribution in [0.2, 0.25) is 0 Å². The Morgan fingerprint density at radius 2 is 1.56 bits per heavy atom. The summed E-state index contributed by atoms with van der Waals surface area (Å²) >= 11 is 0. The number of aliphatic carboxylic acids is 2. The van der Waals surface area contributed by atoms with E-state index in [0.717, 1.165) is 16.7 Å². The van der Waals surface area contributed by atoms with Crippen molar-refractivity contribution in [2.75, 3.05) is 0 Å². The van der Waals surface area contributed by atoms with Gasteiger partial charge in [0, 0.05) is 0 Å². The minimum atomic E-state index is -1.38. The number of rotatable bonds is 4. The standard InChI is InChI=1S/C12H14O4/c1-7-4-3-5-8(2)9(7)6-10(11(13)14)12(15)16/h3-5,10H,6H2,1-2H3,(H,13,14)(H,15,16). The van der Waals surface area contributed by atoms with Crippen molar-refractivity contribution >= 4 is 11.9 Å². The Kier molecular flexibility index (Phi) is 3.66. The second-order valence-corrected chi connectivity index (χ2v) is 3.80. The van der Waals surface area contributed by atoms with Crippen molar-refractivity contribution in [2.24, 2.45) is 5.92 Å². The number of carboxylic acid groups (broad SMARTS) is 2. The van der Waals surface area contributed by atoms with Gasteiger partial charge in [0.15, 0.2) is 5.92 Å². The Balaban J connectivity index is 3.03. The highest BCUT2D eigenvalue weighted by molar-refractivity contribution is 5.93. The Morgan fingerprint density at radius 3 is 1.94 bits per heavy atom. The van der Waals surface area contributed by atoms with Crippen molar-refractivity contribution < 1.29 is 19.8 Å². The van der Waals surface area contributed by atoms with Gasteiger partial charge < -0.3 is 10.2 Å². The molecule has 0 spiro atoms. The van der Waals surface area contributed by atoms with E-state index in [1.165, 1.54) is 0 Å². The topological polar surface area (TPSA) is 74.6 Å². The molecule has 0 aliphatic carbocycles. The van der Waals surface area contributed by atoms with Crippen LogP contribution in [0.15, 0.2) is 18.2 Å². The van der Waals surface area contributed by atoms with Gasteiger partial charge in [0.25, 0.3) is 0 Å². The first-order valence-corrected chi connectivity index (χ1v) is 4.94. The van der Waals surface area contributed by atoms with E-state index in [1.54, 1.807) is 0 Å². The van der Waals surface area contributed by atoms with Crippen LogP contribution in [0.4, 0.5) is 0 Å². The molecule has 2 N–H and O–H groups in total. The fraction of sp³-hybridized carbons (Fsp3) is 0.333. The lowest BCUT2D eigenvalue weighted by Gasteiger charge is -2.12. The quantitative estimate of drug-likeness (QED) is 0.759. The van der Waals surface area contributed by atoms with Gasteiger partial charge in [-0.25, -0.2) is 0 Å². The molecule has 0 aliphatic heterocycles. The molecule has 0 unspecified atom stereocenters. The molecule has 0 aromatic heterocycles. The third-order valence-electron chi connectivity index (χ3n) is 2.65. The SMILES string of the molecule is Cc1cccc(C)c1CC(C(=O)O)C(=O)O. The number of carboxylic acids is 2. The summed E-state index contributed by atoms with van der Waals surface area (Å²) in [6, 6.07) is 5.57. The summed E-state index contributed by atoms with van der Waals surface area (Å²) in [6.45, 7) is 3.70. The summed E-state index contributed by atoms with van der Waals surface area (Å²) in [5.74, 6) is -3.97. The van der Waals surface area contributed by atoms with Crippen LogP contribution in [-0.4, -0.2) is 22.2 Å². The van der Waals surface area contributed by atoms with E-state index in [4.69, 9.17) is 10.2 Å². The predicted octanol–water partition coefficient (Wildman–Crippen LogP) is 1.63. The Hall–Kier alpha value is -1.84. The number of aryl methyl sites for hydroxylation is 2. The van der Waals surface area contributed by atoms with Gasteiger partial charge in [0.05, 0.1) is 0 Å². The molecule has 16 heavy (non-hydrogen) atoms. The second kappa shape index (κ2) is 4.79. The van der Waals surface area contributed by atoms with E-state index in [-0.39, 0.29) is 6.42 Å². The highest BCUT2D eigenvalue weighted by Gasteiger charge is 2.26. The van der Waals surface area contributed by atoms with Gasteiger partial charge in [-0.2, -0.15) is 0 Å². The van der Waals surface area contributed by atoms with Crippen molar-refractivity contribution in [2.45, 2.75) is 20.3 Å². The molecule has 1 aromatic rings. The summed E-state index contributed by atoms with van der Waals surface area (Å²) < 4.78 is 0. The van der Waals surface area contributed by atoms with Gasteiger partial charge in [-0.05, 0) is 37.0 Å². The lowest BCUT2D eigenvalue weighted by Crippen LogP contribution is -2.26. The first kappa shape index (κ1) is 12.2. The maximum absolute atomic E-state index is 10.8. The minimum Gasteiger partial charge on any atom is -0.481 e. The van der Waals surface area contributed by atoms with Gasteiger partial charge in [-0.3, -0.25) is 9.59 Å². The lowest BCUT2D eigenvalue weighted by atomic mass is 9.93. The molecule has 0 saturated heterocycles. The zero-order valence-corrected chi connectivity index (χ0v) is 9.23. The van der Waals surface area contributed by atoms with Crippen molar-refractivity contribution in [1.29, 1.82) is 0 Å². The van der Waals surface area contributed by atoms with E-state index in [1.807, 2.05) is 32.0 Å². The first-order chi connectivity index (χ1) is 7.43. The molecule has 0 aliphatic rings.